The number of aromatic nitrogens is 2. The molecular weight excluding hydrogens is 417 g/mol. The Hall–Kier alpha value is -2.94. The first kappa shape index (κ1) is 20.3. The summed E-state index contributed by atoms with van der Waals surface area (Å²) in [4.78, 5) is 8.89. The summed E-state index contributed by atoms with van der Waals surface area (Å²) in [5.74, 6) is 2.64. The first-order chi connectivity index (χ1) is 14.4. The highest BCUT2D eigenvalue weighted by Gasteiger charge is 2.29. The lowest BCUT2D eigenvalue weighted by atomic mass is 10.1. The van der Waals surface area contributed by atoms with Gasteiger partial charge in [0.25, 0.3) is 0 Å². The van der Waals surface area contributed by atoms with Gasteiger partial charge in [-0.25, -0.2) is 4.98 Å². The number of hydrogen-bond acceptors (Lipinski definition) is 6. The number of alkyl halides is 3. The molecule has 2 heterocycles. The maximum atomic E-state index is 12.7. The first-order valence-electron chi connectivity index (χ1n) is 9.15. The Morgan fingerprint density at radius 1 is 1.00 bits per heavy atom. The number of nitrogens with zero attached hydrogens (tertiary/aromatic N) is 2. The van der Waals surface area contributed by atoms with E-state index in [9.17, 15) is 13.2 Å². The molecule has 0 atom stereocenters. The van der Waals surface area contributed by atoms with E-state index in [2.05, 4.69) is 9.97 Å². The van der Waals surface area contributed by atoms with Crippen LogP contribution >= 0.6 is 11.8 Å². The summed E-state index contributed by atoms with van der Waals surface area (Å²) in [6.07, 6.45) is -3.65. The number of aryl methyl sites for hydroxylation is 1. The monoisotopic (exact) mass is 434 g/mol. The van der Waals surface area contributed by atoms with Crippen LogP contribution in [0.2, 0.25) is 0 Å². The molecule has 0 N–H and O–H groups in total. The third-order valence-corrected chi connectivity index (χ3v) is 5.23. The summed E-state index contributed by atoms with van der Waals surface area (Å²) in [6, 6.07) is 12.1. The van der Waals surface area contributed by atoms with Crippen molar-refractivity contribution in [1.82, 2.24) is 9.97 Å². The van der Waals surface area contributed by atoms with E-state index in [4.69, 9.17) is 14.2 Å². The lowest BCUT2D eigenvalue weighted by Gasteiger charge is -2.10. The number of benzene rings is 2. The van der Waals surface area contributed by atoms with Crippen LogP contribution in [-0.4, -0.2) is 16.8 Å². The highest BCUT2D eigenvalue weighted by Crippen LogP contribution is 2.36. The highest BCUT2D eigenvalue weighted by atomic mass is 32.2. The van der Waals surface area contributed by atoms with Crippen molar-refractivity contribution in [3.8, 4) is 23.1 Å². The van der Waals surface area contributed by atoms with Crippen LogP contribution in [0.4, 0.5) is 13.2 Å². The Kier molecular flexibility index (Phi) is 5.72. The second-order valence-corrected chi connectivity index (χ2v) is 7.38. The highest BCUT2D eigenvalue weighted by molar-refractivity contribution is 7.98. The molecular formula is C21H17F3N2O3S. The van der Waals surface area contributed by atoms with Gasteiger partial charge in [0.1, 0.15) is 5.75 Å². The molecule has 0 radical (unpaired) electrons. The van der Waals surface area contributed by atoms with Crippen LogP contribution in [0.3, 0.4) is 0 Å². The van der Waals surface area contributed by atoms with Crippen LogP contribution in [0.5, 0.6) is 23.1 Å². The SMILES string of the molecule is CCc1cc(Oc2ccc3c(c2)OCO3)nc(SCc2ccc(C(F)(F)F)cc2)n1. The normalized spacial score (nSPS) is 12.8. The Balaban J connectivity index is 1.47. The molecule has 0 amide bonds. The smallest absolute Gasteiger partial charge is 0.416 e. The lowest BCUT2D eigenvalue weighted by Crippen LogP contribution is -2.04. The second kappa shape index (κ2) is 8.43. The van der Waals surface area contributed by atoms with Gasteiger partial charge in [-0.3, -0.25) is 0 Å². The van der Waals surface area contributed by atoms with E-state index in [1.807, 2.05) is 6.92 Å². The van der Waals surface area contributed by atoms with Crippen LogP contribution in [0.15, 0.2) is 53.7 Å². The van der Waals surface area contributed by atoms with Gasteiger partial charge < -0.3 is 14.2 Å². The van der Waals surface area contributed by atoms with Gasteiger partial charge in [0.15, 0.2) is 16.7 Å². The average Bonchev–Trinajstić information content (AvgIpc) is 3.19. The zero-order valence-corrected chi connectivity index (χ0v) is 16.7. The molecule has 0 unspecified atom stereocenters. The third-order valence-electron chi connectivity index (χ3n) is 4.31. The molecule has 30 heavy (non-hydrogen) atoms. The summed E-state index contributed by atoms with van der Waals surface area (Å²) in [7, 11) is 0. The van der Waals surface area contributed by atoms with Crippen LogP contribution in [0.25, 0.3) is 0 Å². The van der Waals surface area contributed by atoms with Gasteiger partial charge in [-0.15, -0.1) is 0 Å². The number of thioether (sulfide) groups is 1. The summed E-state index contributed by atoms with van der Waals surface area (Å²) in [6.45, 7) is 2.15. The molecule has 156 valence electrons. The molecule has 1 aliphatic heterocycles. The number of halogens is 3. The molecule has 2 aromatic carbocycles. The van der Waals surface area contributed by atoms with Crippen molar-refractivity contribution in [1.29, 1.82) is 0 Å². The van der Waals surface area contributed by atoms with Crippen molar-refractivity contribution in [2.24, 2.45) is 0 Å². The summed E-state index contributed by atoms with van der Waals surface area (Å²) < 4.78 is 54.6. The molecule has 1 aliphatic rings. The number of hydrogen-bond donors (Lipinski definition) is 0. The fraction of sp³-hybridized carbons (Fsp3) is 0.238. The summed E-state index contributed by atoms with van der Waals surface area (Å²) in [5, 5.41) is 0.491. The van der Waals surface area contributed by atoms with Gasteiger partial charge in [-0.05, 0) is 36.2 Å². The van der Waals surface area contributed by atoms with Gasteiger partial charge in [0, 0.05) is 23.6 Å². The summed E-state index contributed by atoms with van der Waals surface area (Å²) in [5.41, 5.74) is 0.882. The molecule has 0 saturated carbocycles. The number of fused-ring (bicyclic) bond motifs is 1. The third kappa shape index (κ3) is 4.79. The van der Waals surface area contributed by atoms with E-state index in [0.29, 0.717) is 40.5 Å². The standard InChI is InChI=1S/C21H17F3N2O3S/c1-2-15-9-19(29-16-7-8-17-18(10-16)28-12-27-17)26-20(25-15)30-11-13-3-5-14(6-4-13)21(22,23)24/h3-10H,2,11-12H2,1H3. The van der Waals surface area contributed by atoms with Gasteiger partial charge in [-0.1, -0.05) is 30.8 Å². The van der Waals surface area contributed by atoms with Gasteiger partial charge in [-0.2, -0.15) is 18.2 Å². The van der Waals surface area contributed by atoms with Gasteiger partial charge in [0.05, 0.1) is 5.56 Å². The minimum absolute atomic E-state index is 0.178. The molecule has 5 nitrogen and oxygen atoms in total. The maximum Gasteiger partial charge on any atom is 0.416 e. The Labute approximate surface area is 175 Å². The second-order valence-electron chi connectivity index (χ2n) is 6.43. The molecule has 0 bridgehead atoms. The molecule has 0 aliphatic carbocycles. The molecule has 9 heteroatoms. The predicted octanol–water partition coefficient (Wildman–Crippen LogP) is 5.87. The minimum Gasteiger partial charge on any atom is -0.454 e. The molecule has 0 fully saturated rings. The fourth-order valence-electron chi connectivity index (χ4n) is 2.75. The largest absolute Gasteiger partial charge is 0.454 e. The van der Waals surface area contributed by atoms with Crippen molar-refractivity contribution >= 4 is 11.8 Å². The Morgan fingerprint density at radius 3 is 2.50 bits per heavy atom. The van der Waals surface area contributed by atoms with E-state index in [1.165, 1.54) is 23.9 Å². The van der Waals surface area contributed by atoms with Crippen molar-refractivity contribution in [2.45, 2.75) is 30.4 Å². The van der Waals surface area contributed by atoms with Crippen molar-refractivity contribution < 1.29 is 27.4 Å². The molecule has 1 aromatic heterocycles. The van der Waals surface area contributed by atoms with Crippen molar-refractivity contribution in [3.05, 3.63) is 65.4 Å². The van der Waals surface area contributed by atoms with Crippen LogP contribution in [-0.2, 0) is 18.3 Å². The first-order valence-corrected chi connectivity index (χ1v) is 10.1. The van der Waals surface area contributed by atoms with Gasteiger partial charge >= 0.3 is 6.18 Å². The van der Waals surface area contributed by atoms with Crippen LogP contribution in [0.1, 0.15) is 23.7 Å². The van der Waals surface area contributed by atoms with E-state index in [-0.39, 0.29) is 6.79 Å². The van der Waals surface area contributed by atoms with Crippen molar-refractivity contribution in [2.75, 3.05) is 6.79 Å². The van der Waals surface area contributed by atoms with E-state index in [1.54, 1.807) is 24.3 Å². The Bertz CT molecular complexity index is 1040. The predicted molar refractivity (Wildman–Crippen MR) is 105 cm³/mol. The van der Waals surface area contributed by atoms with E-state index in [0.717, 1.165) is 23.4 Å². The zero-order valence-electron chi connectivity index (χ0n) is 15.9. The number of rotatable bonds is 6. The van der Waals surface area contributed by atoms with Crippen molar-refractivity contribution in [3.63, 3.8) is 0 Å². The topological polar surface area (TPSA) is 53.5 Å². The quantitative estimate of drug-likeness (QED) is 0.357. The Morgan fingerprint density at radius 2 is 1.77 bits per heavy atom. The zero-order chi connectivity index (χ0) is 21.1. The van der Waals surface area contributed by atoms with E-state index < -0.39 is 11.7 Å². The van der Waals surface area contributed by atoms with Gasteiger partial charge in [0.2, 0.25) is 12.7 Å². The lowest BCUT2D eigenvalue weighted by molar-refractivity contribution is -0.137. The van der Waals surface area contributed by atoms with E-state index >= 15 is 0 Å². The van der Waals surface area contributed by atoms with Crippen LogP contribution < -0.4 is 14.2 Å². The molecule has 4 rings (SSSR count). The molecule has 0 spiro atoms. The molecule has 3 aromatic rings. The summed E-state index contributed by atoms with van der Waals surface area (Å²) >= 11 is 1.33. The minimum atomic E-state index is -4.34. The maximum absolute atomic E-state index is 12.7. The number of ether oxygens (including phenoxy) is 3. The fourth-order valence-corrected chi connectivity index (χ4v) is 3.57. The average molecular weight is 434 g/mol. The van der Waals surface area contributed by atoms with Crippen LogP contribution in [0, 0.1) is 0 Å². The molecule has 0 saturated heterocycles.